The zero-order chi connectivity index (χ0) is 12.0. The average molecular weight is 220 g/mol. The van der Waals surface area contributed by atoms with Crippen LogP contribution in [-0.4, -0.2) is 19.6 Å². The minimum absolute atomic E-state index is 0.624. The highest BCUT2D eigenvalue weighted by atomic mass is 15.1. The zero-order valence-electron chi connectivity index (χ0n) is 10.7. The molecule has 1 aromatic rings. The Kier molecular flexibility index (Phi) is 5.33. The van der Waals surface area contributed by atoms with Crippen molar-refractivity contribution in [2.75, 3.05) is 18.5 Å². The summed E-state index contributed by atoms with van der Waals surface area (Å²) in [6, 6.07) is 9.20. The second kappa shape index (κ2) is 6.54. The Morgan fingerprint density at radius 1 is 1.19 bits per heavy atom. The lowest BCUT2D eigenvalue weighted by molar-refractivity contribution is 0.590. The molecule has 0 fully saturated rings. The van der Waals surface area contributed by atoms with Gasteiger partial charge in [-0.2, -0.15) is 0 Å². The Hall–Kier alpha value is -1.02. The summed E-state index contributed by atoms with van der Waals surface area (Å²) in [5.41, 5.74) is 8.35. The summed E-state index contributed by atoms with van der Waals surface area (Å²) in [6.45, 7) is 5.21. The molecule has 0 radical (unpaired) electrons. The van der Waals surface area contributed by atoms with Gasteiger partial charge in [0.15, 0.2) is 0 Å². The molecule has 0 spiro atoms. The van der Waals surface area contributed by atoms with E-state index in [1.807, 2.05) is 0 Å². The Balaban J connectivity index is 2.92. The van der Waals surface area contributed by atoms with Crippen LogP contribution >= 0.6 is 0 Å². The second-order valence-electron chi connectivity index (χ2n) is 4.25. The van der Waals surface area contributed by atoms with E-state index < -0.39 is 0 Å². The van der Waals surface area contributed by atoms with Crippen LogP contribution in [0.15, 0.2) is 24.3 Å². The largest absolute Gasteiger partial charge is 0.371 e. The van der Waals surface area contributed by atoms with E-state index >= 15 is 0 Å². The monoisotopic (exact) mass is 220 g/mol. The lowest BCUT2D eigenvalue weighted by Crippen LogP contribution is -2.31. The van der Waals surface area contributed by atoms with E-state index in [0.29, 0.717) is 12.6 Å². The van der Waals surface area contributed by atoms with Crippen LogP contribution in [0.2, 0.25) is 0 Å². The maximum absolute atomic E-state index is 5.65. The molecular weight excluding hydrogens is 196 g/mol. The van der Waals surface area contributed by atoms with Crippen LogP contribution in [0.1, 0.15) is 32.3 Å². The fourth-order valence-electron chi connectivity index (χ4n) is 2.25. The molecule has 0 aliphatic heterocycles. The van der Waals surface area contributed by atoms with Crippen molar-refractivity contribution in [3.8, 4) is 0 Å². The van der Waals surface area contributed by atoms with Gasteiger partial charge in [-0.1, -0.05) is 32.0 Å². The van der Waals surface area contributed by atoms with E-state index in [0.717, 1.165) is 6.42 Å². The number of rotatable bonds is 6. The van der Waals surface area contributed by atoms with Crippen molar-refractivity contribution in [1.82, 2.24) is 0 Å². The molecule has 0 aromatic heterocycles. The summed E-state index contributed by atoms with van der Waals surface area (Å²) >= 11 is 0. The first kappa shape index (κ1) is 13.0. The van der Waals surface area contributed by atoms with E-state index in [2.05, 4.69) is 50.1 Å². The second-order valence-corrected chi connectivity index (χ2v) is 4.25. The minimum atomic E-state index is 0.624. The number of hydrogen-bond acceptors (Lipinski definition) is 2. The molecule has 1 aromatic carbocycles. The van der Waals surface area contributed by atoms with Gasteiger partial charge in [0.05, 0.1) is 0 Å². The van der Waals surface area contributed by atoms with Crippen LogP contribution in [0.5, 0.6) is 0 Å². The standard InChI is InChI=1S/C14H24N2/c1-4-13(5-2)16(3)14-9-7-6-8-12(14)10-11-15/h6-9,13H,4-5,10-11,15H2,1-3H3. The first-order chi connectivity index (χ1) is 7.74. The number of hydrogen-bond donors (Lipinski definition) is 1. The maximum Gasteiger partial charge on any atom is 0.0399 e. The van der Waals surface area contributed by atoms with Crippen molar-refractivity contribution in [3.05, 3.63) is 29.8 Å². The third kappa shape index (κ3) is 2.99. The SMILES string of the molecule is CCC(CC)N(C)c1ccccc1CCN. The third-order valence-electron chi connectivity index (χ3n) is 3.28. The van der Waals surface area contributed by atoms with Gasteiger partial charge in [-0.3, -0.25) is 0 Å². The summed E-state index contributed by atoms with van der Waals surface area (Å²) in [4.78, 5) is 2.39. The quantitative estimate of drug-likeness (QED) is 0.798. The van der Waals surface area contributed by atoms with Gasteiger partial charge in [0.1, 0.15) is 0 Å². The Morgan fingerprint density at radius 2 is 1.81 bits per heavy atom. The Bertz CT molecular complexity index is 305. The molecule has 2 nitrogen and oxygen atoms in total. The van der Waals surface area contributed by atoms with Crippen LogP contribution in [0.25, 0.3) is 0 Å². The van der Waals surface area contributed by atoms with Crippen molar-refractivity contribution >= 4 is 5.69 Å². The summed E-state index contributed by atoms with van der Waals surface area (Å²) in [5.74, 6) is 0. The first-order valence-corrected chi connectivity index (χ1v) is 6.25. The maximum atomic E-state index is 5.65. The van der Waals surface area contributed by atoms with Gasteiger partial charge in [0.25, 0.3) is 0 Å². The van der Waals surface area contributed by atoms with Crippen LogP contribution in [0.4, 0.5) is 5.69 Å². The highest BCUT2D eigenvalue weighted by Gasteiger charge is 2.13. The predicted molar refractivity (Wildman–Crippen MR) is 72.0 cm³/mol. The highest BCUT2D eigenvalue weighted by molar-refractivity contribution is 5.54. The molecule has 2 N–H and O–H groups in total. The lowest BCUT2D eigenvalue weighted by Gasteiger charge is -2.30. The number of nitrogens with two attached hydrogens (primary N) is 1. The number of benzene rings is 1. The molecule has 0 bridgehead atoms. The molecule has 0 saturated heterocycles. The van der Waals surface area contributed by atoms with E-state index in [1.165, 1.54) is 24.1 Å². The van der Waals surface area contributed by atoms with E-state index in [9.17, 15) is 0 Å². The van der Waals surface area contributed by atoms with Gasteiger partial charge >= 0.3 is 0 Å². The lowest BCUT2D eigenvalue weighted by atomic mass is 10.1. The topological polar surface area (TPSA) is 29.3 Å². The molecule has 2 heteroatoms. The number of anilines is 1. The minimum Gasteiger partial charge on any atom is -0.371 e. The van der Waals surface area contributed by atoms with Crippen molar-refractivity contribution < 1.29 is 0 Å². The molecule has 16 heavy (non-hydrogen) atoms. The van der Waals surface area contributed by atoms with Crippen LogP contribution in [-0.2, 0) is 6.42 Å². The molecule has 0 saturated carbocycles. The van der Waals surface area contributed by atoms with Crippen molar-refractivity contribution in [2.45, 2.75) is 39.2 Å². The van der Waals surface area contributed by atoms with Gasteiger partial charge in [0.2, 0.25) is 0 Å². The van der Waals surface area contributed by atoms with Crippen molar-refractivity contribution in [2.24, 2.45) is 5.73 Å². The van der Waals surface area contributed by atoms with Gasteiger partial charge in [-0.05, 0) is 37.4 Å². The summed E-state index contributed by atoms with van der Waals surface area (Å²) in [7, 11) is 2.19. The average Bonchev–Trinajstić information content (AvgIpc) is 2.31. The molecular formula is C14H24N2. The van der Waals surface area contributed by atoms with E-state index in [4.69, 9.17) is 5.73 Å². The van der Waals surface area contributed by atoms with Crippen molar-refractivity contribution in [3.63, 3.8) is 0 Å². The van der Waals surface area contributed by atoms with Crippen molar-refractivity contribution in [1.29, 1.82) is 0 Å². The normalized spacial score (nSPS) is 10.8. The molecule has 0 aliphatic carbocycles. The molecule has 1 rings (SSSR count). The fourth-order valence-corrected chi connectivity index (χ4v) is 2.25. The molecule has 90 valence electrons. The van der Waals surface area contributed by atoms with Gasteiger partial charge in [-0.25, -0.2) is 0 Å². The van der Waals surface area contributed by atoms with Crippen LogP contribution in [0, 0.1) is 0 Å². The van der Waals surface area contributed by atoms with E-state index in [1.54, 1.807) is 0 Å². The summed E-state index contributed by atoms with van der Waals surface area (Å²) in [6.07, 6.45) is 3.33. The summed E-state index contributed by atoms with van der Waals surface area (Å²) < 4.78 is 0. The van der Waals surface area contributed by atoms with E-state index in [-0.39, 0.29) is 0 Å². The Morgan fingerprint density at radius 3 is 2.38 bits per heavy atom. The van der Waals surface area contributed by atoms with Gasteiger partial charge in [-0.15, -0.1) is 0 Å². The highest BCUT2D eigenvalue weighted by Crippen LogP contribution is 2.23. The molecule has 0 atom stereocenters. The third-order valence-corrected chi connectivity index (χ3v) is 3.28. The predicted octanol–water partition coefficient (Wildman–Crippen LogP) is 2.81. The summed E-state index contributed by atoms with van der Waals surface area (Å²) in [5, 5.41) is 0. The first-order valence-electron chi connectivity index (χ1n) is 6.25. The van der Waals surface area contributed by atoms with Crippen LogP contribution in [0.3, 0.4) is 0 Å². The number of nitrogens with zero attached hydrogens (tertiary/aromatic N) is 1. The smallest absolute Gasteiger partial charge is 0.0399 e. The molecule has 0 unspecified atom stereocenters. The number of para-hydroxylation sites is 1. The van der Waals surface area contributed by atoms with Gasteiger partial charge in [0, 0.05) is 18.8 Å². The fraction of sp³-hybridized carbons (Fsp3) is 0.571. The molecule has 0 amide bonds. The molecule has 0 heterocycles. The van der Waals surface area contributed by atoms with Gasteiger partial charge < -0.3 is 10.6 Å². The Labute approximate surface area is 99.5 Å². The zero-order valence-corrected chi connectivity index (χ0v) is 10.7. The van der Waals surface area contributed by atoms with Crippen LogP contribution < -0.4 is 10.6 Å². The molecule has 0 aliphatic rings.